The van der Waals surface area contributed by atoms with Gasteiger partial charge in [0.2, 0.25) is 0 Å². The Morgan fingerprint density at radius 3 is 1.00 bits per heavy atom. The van der Waals surface area contributed by atoms with Crippen LogP contribution in [0, 0.1) is 27.7 Å². The molecule has 0 aliphatic rings. The Kier molecular flexibility index (Phi) is 7.22. The summed E-state index contributed by atoms with van der Waals surface area (Å²) in [5.41, 5.74) is 20.6. The molecule has 116 valence electrons. The van der Waals surface area contributed by atoms with Gasteiger partial charge in [0.15, 0.2) is 0 Å². The lowest BCUT2D eigenvalue weighted by Gasteiger charge is -2.12. The topological polar surface area (TPSA) is 92.5 Å². The number of benzene rings is 2. The van der Waals surface area contributed by atoms with Gasteiger partial charge in [-0.25, -0.2) is 0 Å². The molecule has 0 amide bonds. The van der Waals surface area contributed by atoms with E-state index in [1.165, 1.54) is 11.1 Å². The van der Waals surface area contributed by atoms with Gasteiger partial charge in [-0.2, -0.15) is 0 Å². The number of hydrogen-bond acceptors (Lipinski definition) is 4. The Labute approximate surface area is 131 Å². The van der Waals surface area contributed by atoms with Gasteiger partial charge in [-0.1, -0.05) is 0 Å². The summed E-state index contributed by atoms with van der Waals surface area (Å²) in [7, 11) is 0. The number of nitrogens with two attached hydrogens (primary N) is 2. The van der Waals surface area contributed by atoms with E-state index in [1.54, 1.807) is 0 Å². The molecule has 2 aromatic rings. The van der Waals surface area contributed by atoms with E-state index in [0.717, 1.165) is 33.6 Å². The molecule has 0 saturated heterocycles. The van der Waals surface area contributed by atoms with Crippen LogP contribution in [0.1, 0.15) is 22.3 Å². The van der Waals surface area contributed by atoms with Crippen molar-refractivity contribution in [2.24, 2.45) is 0 Å². The third kappa shape index (κ3) is 4.11. The van der Waals surface area contributed by atoms with Crippen LogP contribution in [0.25, 0.3) is 11.1 Å². The van der Waals surface area contributed by atoms with Gasteiger partial charge in [0.25, 0.3) is 0 Å². The molecule has 0 bridgehead atoms. The number of rotatable bonds is 1. The Balaban J connectivity index is 0.00000128. The van der Waals surface area contributed by atoms with Gasteiger partial charge in [-0.05, 0) is 85.3 Å². The van der Waals surface area contributed by atoms with Crippen molar-refractivity contribution in [1.29, 1.82) is 0 Å². The molecule has 21 heavy (non-hydrogen) atoms. The molecule has 6 N–H and O–H groups in total. The summed E-state index contributed by atoms with van der Waals surface area (Å²) < 4.78 is 0. The van der Waals surface area contributed by atoms with E-state index in [0.29, 0.717) is 0 Å². The van der Waals surface area contributed by atoms with Crippen LogP contribution in [0.5, 0.6) is 0 Å². The highest BCUT2D eigenvalue weighted by molar-refractivity contribution is 5.85. The molecular weight excluding hydrogens is 288 g/mol. The molecule has 4 nitrogen and oxygen atoms in total. The van der Waals surface area contributed by atoms with E-state index in [2.05, 4.69) is 24.3 Å². The minimum absolute atomic E-state index is 0. The zero-order valence-electron chi connectivity index (χ0n) is 12.8. The SMILES string of the molecule is Cc1cc(-c2cc(C)c(N)c(C)c2)cc(C)c1N.Cl.OO. The van der Waals surface area contributed by atoms with Gasteiger partial charge in [0, 0.05) is 11.4 Å². The minimum atomic E-state index is 0. The first kappa shape index (κ1) is 19.2. The van der Waals surface area contributed by atoms with E-state index < -0.39 is 0 Å². The smallest absolute Gasteiger partial charge is 0.0373 e. The third-order valence-corrected chi connectivity index (χ3v) is 3.52. The molecule has 0 fully saturated rings. The average Bonchev–Trinajstić information content (AvgIpc) is 2.43. The standard InChI is InChI=1S/C16H20N2.ClH.H2O2/c1-9-5-13(6-10(2)15(9)17)14-7-11(3)16(18)12(4)8-14;;1-2/h5-8H,17-18H2,1-4H3;1H;1-2H. The van der Waals surface area contributed by atoms with Crippen LogP contribution in [0.3, 0.4) is 0 Å². The molecule has 0 atom stereocenters. The van der Waals surface area contributed by atoms with Crippen molar-refractivity contribution < 1.29 is 10.5 Å². The van der Waals surface area contributed by atoms with Crippen molar-refractivity contribution in [2.75, 3.05) is 11.5 Å². The van der Waals surface area contributed by atoms with Gasteiger partial charge >= 0.3 is 0 Å². The lowest BCUT2D eigenvalue weighted by molar-refractivity contribution is -0.176. The summed E-state index contributed by atoms with van der Waals surface area (Å²) >= 11 is 0. The maximum absolute atomic E-state index is 6.00. The van der Waals surface area contributed by atoms with E-state index in [-0.39, 0.29) is 12.4 Å². The molecule has 0 aliphatic heterocycles. The Morgan fingerprint density at radius 1 is 0.619 bits per heavy atom. The van der Waals surface area contributed by atoms with E-state index in [4.69, 9.17) is 22.0 Å². The van der Waals surface area contributed by atoms with E-state index in [9.17, 15) is 0 Å². The first-order valence-electron chi connectivity index (χ1n) is 6.34. The Bertz CT molecular complexity index is 526. The second kappa shape index (κ2) is 7.88. The van der Waals surface area contributed by atoms with Gasteiger partial charge in [-0.3, -0.25) is 10.5 Å². The van der Waals surface area contributed by atoms with Crippen molar-refractivity contribution in [2.45, 2.75) is 27.7 Å². The van der Waals surface area contributed by atoms with E-state index >= 15 is 0 Å². The largest absolute Gasteiger partial charge is 0.398 e. The molecule has 5 heteroatoms. The number of anilines is 2. The van der Waals surface area contributed by atoms with Crippen LogP contribution >= 0.6 is 12.4 Å². The van der Waals surface area contributed by atoms with Crippen molar-refractivity contribution in [3.63, 3.8) is 0 Å². The number of nitrogen functional groups attached to an aromatic ring is 2. The molecule has 2 rings (SSSR count). The third-order valence-electron chi connectivity index (χ3n) is 3.52. The summed E-state index contributed by atoms with van der Waals surface area (Å²) in [6.45, 7) is 8.18. The van der Waals surface area contributed by atoms with Crippen molar-refractivity contribution in [3.05, 3.63) is 46.5 Å². The monoisotopic (exact) mass is 310 g/mol. The summed E-state index contributed by atoms with van der Waals surface area (Å²) in [5.74, 6) is 0. The Hall–Kier alpha value is -1.75. The quantitative estimate of drug-likeness (QED) is 0.361. The second-order valence-corrected chi connectivity index (χ2v) is 5.05. The molecule has 0 aliphatic carbocycles. The molecule has 0 spiro atoms. The van der Waals surface area contributed by atoms with Gasteiger partial charge < -0.3 is 11.5 Å². The first-order chi connectivity index (χ1) is 9.40. The van der Waals surface area contributed by atoms with Crippen LogP contribution in [-0.4, -0.2) is 10.5 Å². The van der Waals surface area contributed by atoms with Crippen molar-refractivity contribution in [3.8, 4) is 11.1 Å². The van der Waals surface area contributed by atoms with Gasteiger partial charge in [-0.15, -0.1) is 12.4 Å². The summed E-state index contributed by atoms with van der Waals surface area (Å²) in [4.78, 5) is 0. The van der Waals surface area contributed by atoms with E-state index in [1.807, 2.05) is 27.7 Å². The normalized spacial score (nSPS) is 9.43. The summed E-state index contributed by atoms with van der Waals surface area (Å²) in [6, 6.07) is 8.53. The maximum atomic E-state index is 6.00. The lowest BCUT2D eigenvalue weighted by Crippen LogP contribution is -1.97. The number of halogens is 1. The highest BCUT2D eigenvalue weighted by Crippen LogP contribution is 2.30. The van der Waals surface area contributed by atoms with Crippen LogP contribution in [-0.2, 0) is 0 Å². The highest BCUT2D eigenvalue weighted by atomic mass is 35.5. The van der Waals surface area contributed by atoms with Crippen LogP contribution in [0.15, 0.2) is 24.3 Å². The van der Waals surface area contributed by atoms with Gasteiger partial charge in [0.1, 0.15) is 0 Å². The molecule has 0 saturated carbocycles. The molecular formula is C16H23ClN2O2. The zero-order chi connectivity index (χ0) is 15.4. The zero-order valence-corrected chi connectivity index (χ0v) is 13.6. The van der Waals surface area contributed by atoms with Crippen LogP contribution in [0.2, 0.25) is 0 Å². The fraction of sp³-hybridized carbons (Fsp3) is 0.250. The predicted molar refractivity (Wildman–Crippen MR) is 92.2 cm³/mol. The minimum Gasteiger partial charge on any atom is -0.398 e. The maximum Gasteiger partial charge on any atom is 0.0373 e. The van der Waals surface area contributed by atoms with Gasteiger partial charge in [0.05, 0.1) is 0 Å². The first-order valence-corrected chi connectivity index (χ1v) is 6.34. The Morgan fingerprint density at radius 2 is 0.810 bits per heavy atom. The highest BCUT2D eigenvalue weighted by Gasteiger charge is 2.07. The number of hydrogen-bond donors (Lipinski definition) is 4. The average molecular weight is 311 g/mol. The van der Waals surface area contributed by atoms with Crippen LogP contribution < -0.4 is 11.5 Å². The fourth-order valence-electron chi connectivity index (χ4n) is 2.28. The molecule has 2 aromatic carbocycles. The predicted octanol–water partition coefficient (Wildman–Crippen LogP) is 4.19. The lowest BCUT2D eigenvalue weighted by atomic mass is 9.95. The molecule has 0 radical (unpaired) electrons. The van der Waals surface area contributed by atoms with Crippen molar-refractivity contribution in [1.82, 2.24) is 0 Å². The fourth-order valence-corrected chi connectivity index (χ4v) is 2.28. The summed E-state index contributed by atoms with van der Waals surface area (Å²) in [5, 5.41) is 12.0. The van der Waals surface area contributed by atoms with Crippen LogP contribution in [0.4, 0.5) is 11.4 Å². The molecule has 0 heterocycles. The summed E-state index contributed by atoms with van der Waals surface area (Å²) in [6.07, 6.45) is 0. The molecule has 0 aromatic heterocycles. The number of aryl methyl sites for hydroxylation is 4. The van der Waals surface area contributed by atoms with Crippen molar-refractivity contribution >= 4 is 23.8 Å². The second-order valence-electron chi connectivity index (χ2n) is 5.05. The molecule has 0 unspecified atom stereocenters.